The van der Waals surface area contributed by atoms with Crippen molar-refractivity contribution in [2.24, 2.45) is 0 Å². The van der Waals surface area contributed by atoms with Crippen molar-refractivity contribution in [2.45, 2.75) is 27.2 Å². The molecule has 0 saturated heterocycles. The van der Waals surface area contributed by atoms with E-state index in [9.17, 15) is 5.11 Å². The van der Waals surface area contributed by atoms with E-state index in [1.54, 1.807) is 23.6 Å². The van der Waals surface area contributed by atoms with E-state index in [1.165, 1.54) is 0 Å². The molecule has 1 aromatic carbocycles. The van der Waals surface area contributed by atoms with Crippen molar-refractivity contribution < 1.29 is 5.11 Å². The van der Waals surface area contributed by atoms with Gasteiger partial charge in [-0.25, -0.2) is 0 Å². The van der Waals surface area contributed by atoms with Crippen molar-refractivity contribution in [3.05, 3.63) is 46.5 Å². The van der Waals surface area contributed by atoms with Crippen LogP contribution in [0.5, 0.6) is 5.75 Å². The minimum absolute atomic E-state index is 0.234. The molecule has 0 atom stereocenters. The summed E-state index contributed by atoms with van der Waals surface area (Å²) in [5.74, 6) is 1.29. The lowest BCUT2D eigenvalue weighted by Gasteiger charge is -2.01. The number of hydrogen-bond acceptors (Lipinski definition) is 5. The van der Waals surface area contributed by atoms with Crippen molar-refractivity contribution in [3.8, 4) is 5.75 Å². The van der Waals surface area contributed by atoms with Crippen LogP contribution in [0.15, 0.2) is 24.3 Å². The Morgan fingerprint density at radius 3 is 2.48 bits per heavy atom. The first-order valence-electron chi connectivity index (χ1n) is 6.66. The molecule has 0 aliphatic carbocycles. The minimum Gasteiger partial charge on any atom is -0.508 e. The molecule has 6 nitrogen and oxygen atoms in total. The van der Waals surface area contributed by atoms with E-state index in [-0.39, 0.29) is 5.75 Å². The highest BCUT2D eigenvalue weighted by molar-refractivity contribution is 6.30. The van der Waals surface area contributed by atoms with Crippen molar-refractivity contribution in [1.82, 2.24) is 24.8 Å². The molecule has 3 rings (SSSR count). The van der Waals surface area contributed by atoms with Crippen LogP contribution < -0.4 is 0 Å². The maximum absolute atomic E-state index is 9.25. The zero-order chi connectivity index (χ0) is 15.4. The standard InChI is InChI=1S/C12H10ClN5O.C2H6/c1-7-11(13)14-12-16-15-10(18(12)17-7)6-8-2-4-9(19)5-3-8;1-2/h2-5,19H,6H2,1H3;1-2H3. The Morgan fingerprint density at radius 1 is 1.14 bits per heavy atom. The molecule has 0 fully saturated rings. The number of fused-ring (bicyclic) bond motifs is 1. The number of phenolic OH excluding ortho intramolecular Hbond substituents is 1. The number of rotatable bonds is 2. The smallest absolute Gasteiger partial charge is 0.273 e. The van der Waals surface area contributed by atoms with Gasteiger partial charge in [0.15, 0.2) is 11.0 Å². The molecule has 7 heteroatoms. The third kappa shape index (κ3) is 3.28. The summed E-state index contributed by atoms with van der Waals surface area (Å²) in [6, 6.07) is 6.91. The van der Waals surface area contributed by atoms with Gasteiger partial charge in [-0.05, 0) is 24.6 Å². The van der Waals surface area contributed by atoms with Crippen LogP contribution in [0, 0.1) is 6.92 Å². The number of halogens is 1. The predicted octanol–water partition coefficient (Wildman–Crippen LogP) is 2.80. The normalized spacial score (nSPS) is 10.3. The van der Waals surface area contributed by atoms with Crippen LogP contribution in [0.1, 0.15) is 30.9 Å². The van der Waals surface area contributed by atoms with Crippen molar-refractivity contribution in [2.75, 3.05) is 0 Å². The van der Waals surface area contributed by atoms with Crippen LogP contribution in [-0.2, 0) is 6.42 Å². The molecule has 0 spiro atoms. The van der Waals surface area contributed by atoms with E-state index in [0.717, 1.165) is 5.56 Å². The van der Waals surface area contributed by atoms with Gasteiger partial charge >= 0.3 is 0 Å². The first-order valence-corrected chi connectivity index (χ1v) is 7.03. The molecule has 3 aromatic rings. The average Bonchev–Trinajstić information content (AvgIpc) is 2.86. The number of nitrogens with zero attached hydrogens (tertiary/aromatic N) is 5. The summed E-state index contributed by atoms with van der Waals surface area (Å²) in [6.07, 6.45) is 0.553. The molecule has 0 aliphatic heterocycles. The molecule has 1 N–H and O–H groups in total. The van der Waals surface area contributed by atoms with Crippen molar-refractivity contribution in [3.63, 3.8) is 0 Å². The highest BCUT2D eigenvalue weighted by atomic mass is 35.5. The maximum Gasteiger partial charge on any atom is 0.273 e. The third-order valence-electron chi connectivity index (χ3n) is 2.73. The van der Waals surface area contributed by atoms with Gasteiger partial charge in [0.25, 0.3) is 5.78 Å². The monoisotopic (exact) mass is 305 g/mol. The van der Waals surface area contributed by atoms with Gasteiger partial charge in [0.05, 0.1) is 5.69 Å². The first-order chi connectivity index (χ1) is 10.1. The fourth-order valence-electron chi connectivity index (χ4n) is 1.74. The number of benzene rings is 1. The van der Waals surface area contributed by atoms with Crippen LogP contribution in [0.2, 0.25) is 5.15 Å². The summed E-state index contributed by atoms with van der Waals surface area (Å²) >= 11 is 5.89. The lowest BCUT2D eigenvalue weighted by molar-refractivity contribution is 0.475. The second kappa shape index (κ2) is 6.49. The molecular weight excluding hydrogens is 290 g/mol. The summed E-state index contributed by atoms with van der Waals surface area (Å²) < 4.78 is 1.58. The zero-order valence-corrected chi connectivity index (χ0v) is 12.8. The van der Waals surface area contributed by atoms with E-state index in [0.29, 0.717) is 28.9 Å². The molecule has 0 aliphatic rings. The molecular formula is C14H16ClN5O. The first kappa shape index (κ1) is 15.2. The molecule has 2 heterocycles. The highest BCUT2D eigenvalue weighted by Gasteiger charge is 2.11. The van der Waals surface area contributed by atoms with Crippen molar-refractivity contribution in [1.29, 1.82) is 0 Å². The number of hydrogen-bond donors (Lipinski definition) is 1. The van der Waals surface area contributed by atoms with Gasteiger partial charge in [0.2, 0.25) is 0 Å². The van der Waals surface area contributed by atoms with Crippen LogP contribution >= 0.6 is 11.6 Å². The topological polar surface area (TPSA) is 76.2 Å². The van der Waals surface area contributed by atoms with Crippen molar-refractivity contribution >= 4 is 17.4 Å². The summed E-state index contributed by atoms with van der Waals surface area (Å²) in [7, 11) is 0. The van der Waals surface area contributed by atoms with Crippen LogP contribution in [-0.4, -0.2) is 29.9 Å². The second-order valence-electron chi connectivity index (χ2n) is 4.16. The van der Waals surface area contributed by atoms with E-state index in [4.69, 9.17) is 11.6 Å². The van der Waals surface area contributed by atoms with Crippen LogP contribution in [0.25, 0.3) is 5.78 Å². The molecule has 0 amide bonds. The van der Waals surface area contributed by atoms with Gasteiger partial charge in [-0.1, -0.05) is 37.6 Å². The second-order valence-corrected chi connectivity index (χ2v) is 4.52. The van der Waals surface area contributed by atoms with Gasteiger partial charge in [-0.2, -0.15) is 14.6 Å². The third-order valence-corrected chi connectivity index (χ3v) is 3.09. The van der Waals surface area contributed by atoms with Gasteiger partial charge in [-0.15, -0.1) is 10.2 Å². The molecule has 110 valence electrons. The Morgan fingerprint density at radius 2 is 1.81 bits per heavy atom. The fraction of sp³-hybridized carbons (Fsp3) is 0.286. The Hall–Kier alpha value is -2.21. The number of aryl methyl sites for hydroxylation is 1. The van der Waals surface area contributed by atoms with Gasteiger partial charge in [0, 0.05) is 6.42 Å². The molecule has 21 heavy (non-hydrogen) atoms. The Labute approximate surface area is 127 Å². The van der Waals surface area contributed by atoms with Gasteiger partial charge < -0.3 is 5.11 Å². The quantitative estimate of drug-likeness (QED) is 0.788. The summed E-state index contributed by atoms with van der Waals surface area (Å²) in [5, 5.41) is 21.9. The zero-order valence-electron chi connectivity index (χ0n) is 12.1. The van der Waals surface area contributed by atoms with E-state index in [1.807, 2.05) is 26.0 Å². The van der Waals surface area contributed by atoms with Crippen LogP contribution in [0.4, 0.5) is 0 Å². The molecule has 2 aromatic heterocycles. The lowest BCUT2D eigenvalue weighted by Crippen LogP contribution is -2.03. The summed E-state index contributed by atoms with van der Waals surface area (Å²) in [4.78, 5) is 4.10. The summed E-state index contributed by atoms with van der Waals surface area (Å²) in [6.45, 7) is 5.78. The van der Waals surface area contributed by atoms with E-state index < -0.39 is 0 Å². The Bertz CT molecular complexity index is 739. The average molecular weight is 306 g/mol. The Balaban J connectivity index is 0.000000774. The van der Waals surface area contributed by atoms with E-state index in [2.05, 4.69) is 20.3 Å². The number of phenols is 1. The molecule has 0 bridgehead atoms. The molecule has 0 unspecified atom stereocenters. The van der Waals surface area contributed by atoms with Gasteiger partial charge in [0.1, 0.15) is 5.75 Å². The minimum atomic E-state index is 0.234. The Kier molecular flexibility index (Phi) is 4.70. The fourth-order valence-corrected chi connectivity index (χ4v) is 1.85. The largest absolute Gasteiger partial charge is 0.508 e. The molecule has 0 saturated carbocycles. The number of aromatic nitrogens is 5. The lowest BCUT2D eigenvalue weighted by atomic mass is 10.1. The van der Waals surface area contributed by atoms with E-state index >= 15 is 0 Å². The van der Waals surface area contributed by atoms with Crippen LogP contribution in [0.3, 0.4) is 0 Å². The maximum atomic E-state index is 9.25. The van der Waals surface area contributed by atoms with Gasteiger partial charge in [-0.3, -0.25) is 0 Å². The predicted molar refractivity (Wildman–Crippen MR) is 80.6 cm³/mol. The summed E-state index contributed by atoms with van der Waals surface area (Å²) in [5.41, 5.74) is 1.63. The molecule has 0 radical (unpaired) electrons. The highest BCUT2D eigenvalue weighted by Crippen LogP contribution is 2.14. The SMILES string of the molecule is CC.Cc1nn2c(Cc3ccc(O)cc3)nnc2nc1Cl. The number of aromatic hydroxyl groups is 1.